The van der Waals surface area contributed by atoms with E-state index in [1.807, 2.05) is 4.57 Å². The number of aromatic nitrogens is 2. The van der Waals surface area contributed by atoms with Gasteiger partial charge in [0.15, 0.2) is 0 Å². The zero-order valence-electron chi connectivity index (χ0n) is 15.9. The number of hydrogen-bond acceptors (Lipinski definition) is 5. The molecule has 30 heavy (non-hydrogen) atoms. The number of hydrogen-bond donors (Lipinski definition) is 1. The minimum atomic E-state index is -4.91. The molecule has 164 valence electrons. The largest absolute Gasteiger partial charge is 0.573 e. The average Bonchev–Trinajstić information content (AvgIpc) is 3.20. The van der Waals surface area contributed by atoms with Crippen LogP contribution in [0.1, 0.15) is 12.8 Å². The second-order valence-electron chi connectivity index (χ2n) is 6.79. The number of alkyl halides is 3. The molecule has 2 aromatic rings. The molecule has 2 heterocycles. The number of imidazole rings is 1. The van der Waals surface area contributed by atoms with Crippen LogP contribution in [0.15, 0.2) is 47.9 Å². The van der Waals surface area contributed by atoms with Gasteiger partial charge in [0.1, 0.15) is 5.75 Å². The maximum absolute atomic E-state index is 12.8. The molecule has 0 unspecified atom stereocenters. The Hall–Kier alpha value is -2.60. The van der Waals surface area contributed by atoms with Crippen molar-refractivity contribution in [3.8, 4) is 5.75 Å². The standard InChI is InChI=1S/C18H21F3N4O4S/c19-18(20,21)29-15-2-1-3-16(12-15)30(27,28)25-8-4-14(5-9-25)17(26)23-7-11-24-10-6-22-13-24/h1-3,6,10,12-14H,4-5,7-9,11H2,(H,23,26). The monoisotopic (exact) mass is 446 g/mol. The molecule has 12 heteroatoms. The SMILES string of the molecule is O=C(NCCn1ccnc1)C1CCN(S(=O)(=O)c2cccc(OC(F)(F)F)c2)CC1. The maximum Gasteiger partial charge on any atom is 0.573 e. The van der Waals surface area contributed by atoms with Crippen molar-refractivity contribution in [1.29, 1.82) is 0 Å². The van der Waals surface area contributed by atoms with Gasteiger partial charge in [0, 0.05) is 50.6 Å². The Kier molecular flexibility index (Phi) is 6.66. The maximum atomic E-state index is 12.8. The Morgan fingerprint density at radius 1 is 1.27 bits per heavy atom. The number of amides is 1. The van der Waals surface area contributed by atoms with Crippen LogP contribution in [0, 0.1) is 5.92 Å². The molecule has 1 fully saturated rings. The number of halogens is 3. The van der Waals surface area contributed by atoms with Crippen molar-refractivity contribution < 1.29 is 31.1 Å². The third-order valence-corrected chi connectivity index (χ3v) is 6.62. The van der Waals surface area contributed by atoms with Gasteiger partial charge in [-0.05, 0) is 25.0 Å². The van der Waals surface area contributed by atoms with Gasteiger partial charge in [0.05, 0.1) is 11.2 Å². The van der Waals surface area contributed by atoms with Crippen LogP contribution >= 0.6 is 0 Å². The zero-order chi connectivity index (χ0) is 21.8. The molecule has 3 rings (SSSR count). The summed E-state index contributed by atoms with van der Waals surface area (Å²) in [6.07, 6.45) is 0.813. The Balaban J connectivity index is 1.54. The van der Waals surface area contributed by atoms with E-state index in [2.05, 4.69) is 15.0 Å². The topological polar surface area (TPSA) is 93.5 Å². The van der Waals surface area contributed by atoms with E-state index < -0.39 is 22.1 Å². The van der Waals surface area contributed by atoms with Crippen LogP contribution in [0.5, 0.6) is 5.75 Å². The van der Waals surface area contributed by atoms with Crippen molar-refractivity contribution in [3.63, 3.8) is 0 Å². The molecule has 1 aliphatic rings. The van der Waals surface area contributed by atoms with Crippen LogP contribution in [-0.4, -0.2) is 54.2 Å². The molecular formula is C18H21F3N4O4S. The highest BCUT2D eigenvalue weighted by Crippen LogP contribution is 2.28. The molecule has 1 saturated heterocycles. The number of carbonyl (C=O) groups is 1. The van der Waals surface area contributed by atoms with E-state index >= 15 is 0 Å². The summed E-state index contributed by atoms with van der Waals surface area (Å²) in [6.45, 7) is 1.22. The number of rotatable bonds is 7. The quantitative estimate of drug-likeness (QED) is 0.702. The summed E-state index contributed by atoms with van der Waals surface area (Å²) in [7, 11) is -3.99. The van der Waals surface area contributed by atoms with Gasteiger partial charge in [-0.3, -0.25) is 4.79 Å². The van der Waals surface area contributed by atoms with Crippen LogP contribution in [0.3, 0.4) is 0 Å². The third-order valence-electron chi connectivity index (χ3n) is 4.73. The molecule has 1 aromatic carbocycles. The van der Waals surface area contributed by atoms with Gasteiger partial charge >= 0.3 is 6.36 Å². The van der Waals surface area contributed by atoms with Crippen LogP contribution in [-0.2, 0) is 21.4 Å². The van der Waals surface area contributed by atoms with E-state index in [0.717, 1.165) is 12.1 Å². The first kappa shape index (κ1) is 22.1. The Labute approximate surface area is 171 Å². The Bertz CT molecular complexity index is 956. The number of benzene rings is 1. The predicted molar refractivity (Wildman–Crippen MR) is 99.8 cm³/mol. The fraction of sp³-hybridized carbons (Fsp3) is 0.444. The van der Waals surface area contributed by atoms with Crippen LogP contribution < -0.4 is 10.1 Å². The van der Waals surface area contributed by atoms with Crippen molar-refractivity contribution >= 4 is 15.9 Å². The fourth-order valence-electron chi connectivity index (χ4n) is 3.21. The van der Waals surface area contributed by atoms with Crippen molar-refractivity contribution in [2.24, 2.45) is 5.92 Å². The van der Waals surface area contributed by atoms with Gasteiger partial charge in [-0.15, -0.1) is 13.2 Å². The smallest absolute Gasteiger partial charge is 0.406 e. The normalized spacial score (nSPS) is 16.4. The number of ether oxygens (including phenoxy) is 1. The van der Waals surface area contributed by atoms with E-state index in [1.165, 1.54) is 16.4 Å². The molecule has 0 atom stereocenters. The summed E-state index contributed by atoms with van der Waals surface area (Å²) >= 11 is 0. The summed E-state index contributed by atoms with van der Waals surface area (Å²) in [5.74, 6) is -1.07. The third kappa shape index (κ3) is 5.72. The second kappa shape index (κ2) is 9.04. The Morgan fingerprint density at radius 3 is 2.63 bits per heavy atom. The van der Waals surface area contributed by atoms with Gasteiger partial charge in [-0.25, -0.2) is 13.4 Å². The van der Waals surface area contributed by atoms with Crippen molar-refractivity contribution in [2.75, 3.05) is 19.6 Å². The van der Waals surface area contributed by atoms with Crippen molar-refractivity contribution in [3.05, 3.63) is 43.0 Å². The highest BCUT2D eigenvalue weighted by molar-refractivity contribution is 7.89. The number of carbonyl (C=O) groups excluding carboxylic acids is 1. The van der Waals surface area contributed by atoms with E-state index in [1.54, 1.807) is 18.7 Å². The number of piperidine rings is 1. The van der Waals surface area contributed by atoms with E-state index in [0.29, 0.717) is 25.9 Å². The molecule has 0 spiro atoms. The van der Waals surface area contributed by atoms with Crippen molar-refractivity contribution in [2.45, 2.75) is 30.6 Å². The molecule has 1 N–H and O–H groups in total. The molecule has 0 bridgehead atoms. The lowest BCUT2D eigenvalue weighted by Gasteiger charge is -2.30. The minimum Gasteiger partial charge on any atom is -0.406 e. The van der Waals surface area contributed by atoms with Gasteiger partial charge in [-0.1, -0.05) is 6.07 Å². The second-order valence-corrected chi connectivity index (χ2v) is 8.73. The number of sulfonamides is 1. The summed E-state index contributed by atoms with van der Waals surface area (Å²) in [5.41, 5.74) is 0. The van der Waals surface area contributed by atoms with Gasteiger partial charge in [0.25, 0.3) is 0 Å². The summed E-state index contributed by atoms with van der Waals surface area (Å²) < 4.78 is 69.5. The summed E-state index contributed by atoms with van der Waals surface area (Å²) in [4.78, 5) is 15.9. The molecule has 0 radical (unpaired) electrons. The van der Waals surface area contributed by atoms with Crippen LogP contribution in [0.25, 0.3) is 0 Å². The molecule has 1 aliphatic heterocycles. The van der Waals surface area contributed by atoms with Crippen molar-refractivity contribution in [1.82, 2.24) is 19.2 Å². The van der Waals surface area contributed by atoms with Crippen LogP contribution in [0.4, 0.5) is 13.2 Å². The number of nitrogens with zero attached hydrogens (tertiary/aromatic N) is 3. The first-order valence-electron chi connectivity index (χ1n) is 9.24. The fourth-order valence-corrected chi connectivity index (χ4v) is 4.72. The molecular weight excluding hydrogens is 425 g/mol. The summed E-state index contributed by atoms with van der Waals surface area (Å²) in [6, 6.07) is 4.28. The van der Waals surface area contributed by atoms with E-state index in [9.17, 15) is 26.4 Å². The molecule has 8 nitrogen and oxygen atoms in total. The average molecular weight is 446 g/mol. The first-order chi connectivity index (χ1) is 14.1. The highest BCUT2D eigenvalue weighted by Gasteiger charge is 2.34. The Morgan fingerprint density at radius 2 is 2.00 bits per heavy atom. The molecule has 1 amide bonds. The van der Waals surface area contributed by atoms with Gasteiger partial charge < -0.3 is 14.6 Å². The minimum absolute atomic E-state index is 0.103. The lowest BCUT2D eigenvalue weighted by molar-refractivity contribution is -0.274. The lowest BCUT2D eigenvalue weighted by Crippen LogP contribution is -2.43. The van der Waals surface area contributed by atoms with E-state index in [4.69, 9.17) is 0 Å². The molecule has 0 saturated carbocycles. The predicted octanol–water partition coefficient (Wildman–Crippen LogP) is 2.00. The molecule has 0 aliphatic carbocycles. The zero-order valence-corrected chi connectivity index (χ0v) is 16.7. The van der Waals surface area contributed by atoms with Gasteiger partial charge in [0.2, 0.25) is 15.9 Å². The lowest BCUT2D eigenvalue weighted by atomic mass is 9.97. The van der Waals surface area contributed by atoms with E-state index in [-0.39, 0.29) is 29.8 Å². The highest BCUT2D eigenvalue weighted by atomic mass is 32.2. The first-order valence-corrected chi connectivity index (χ1v) is 10.7. The van der Waals surface area contributed by atoms with Crippen LogP contribution in [0.2, 0.25) is 0 Å². The summed E-state index contributed by atoms with van der Waals surface area (Å²) in [5, 5.41) is 2.83. The van der Waals surface area contributed by atoms with Gasteiger partial charge in [-0.2, -0.15) is 4.31 Å². The number of nitrogens with one attached hydrogen (secondary N) is 1. The molecule has 1 aromatic heterocycles.